The lowest BCUT2D eigenvalue weighted by Crippen LogP contribution is -2.51. The van der Waals surface area contributed by atoms with Gasteiger partial charge in [0.25, 0.3) is 5.91 Å². The van der Waals surface area contributed by atoms with Crippen molar-refractivity contribution >= 4 is 23.4 Å². The highest BCUT2D eigenvalue weighted by Crippen LogP contribution is 2.40. The van der Waals surface area contributed by atoms with Gasteiger partial charge in [-0.05, 0) is 31.2 Å². The van der Waals surface area contributed by atoms with Gasteiger partial charge in [-0.3, -0.25) is 14.4 Å². The van der Waals surface area contributed by atoms with Crippen LogP contribution in [0.15, 0.2) is 36.4 Å². The number of anilines is 1. The van der Waals surface area contributed by atoms with Crippen LogP contribution >= 0.6 is 0 Å². The molecule has 1 fully saturated rings. The van der Waals surface area contributed by atoms with E-state index in [0.29, 0.717) is 55.2 Å². The van der Waals surface area contributed by atoms with Crippen molar-refractivity contribution in [2.24, 2.45) is 0 Å². The van der Waals surface area contributed by atoms with E-state index in [4.69, 9.17) is 9.47 Å². The maximum absolute atomic E-state index is 12.7. The highest BCUT2D eigenvalue weighted by Gasteiger charge is 2.43. The molecule has 162 valence electrons. The molecule has 1 aromatic carbocycles. The first-order chi connectivity index (χ1) is 14.8. The number of rotatable bonds is 4. The average Bonchev–Trinajstić information content (AvgIpc) is 2.72. The van der Waals surface area contributed by atoms with E-state index < -0.39 is 5.60 Å². The number of pyridine rings is 1. The van der Waals surface area contributed by atoms with E-state index in [0.717, 1.165) is 5.69 Å². The van der Waals surface area contributed by atoms with E-state index in [1.807, 2.05) is 19.1 Å². The molecule has 0 aliphatic carbocycles. The minimum absolute atomic E-state index is 0.0207. The van der Waals surface area contributed by atoms with Crippen molar-refractivity contribution in [3.63, 3.8) is 0 Å². The highest BCUT2D eigenvalue weighted by molar-refractivity contribution is 6.00. The van der Waals surface area contributed by atoms with Gasteiger partial charge in [0, 0.05) is 44.6 Å². The monoisotopic (exact) mass is 423 g/mol. The van der Waals surface area contributed by atoms with Crippen molar-refractivity contribution in [3.05, 3.63) is 47.7 Å². The van der Waals surface area contributed by atoms with Gasteiger partial charge in [0.15, 0.2) is 12.4 Å². The standard InChI is InChI=1S/C23H25N3O5/c1-15-4-3-5-21(24-15)25-22(29)14-30-17-6-7-18-19(28)13-23(31-20(18)12-17)8-10-26(11-9-23)16(2)27/h3-7,12H,8-11,13-14H2,1-2H3,(H,24,25,29). The van der Waals surface area contributed by atoms with Crippen LogP contribution in [0.4, 0.5) is 5.82 Å². The fourth-order valence-corrected chi connectivity index (χ4v) is 4.01. The van der Waals surface area contributed by atoms with Gasteiger partial charge in [0.1, 0.15) is 22.9 Å². The van der Waals surface area contributed by atoms with Crippen molar-refractivity contribution in [1.82, 2.24) is 9.88 Å². The van der Waals surface area contributed by atoms with Gasteiger partial charge in [-0.15, -0.1) is 0 Å². The average molecular weight is 423 g/mol. The quantitative estimate of drug-likeness (QED) is 0.812. The Hall–Kier alpha value is -3.42. The molecule has 31 heavy (non-hydrogen) atoms. The Labute approximate surface area is 180 Å². The molecule has 4 rings (SSSR count). The molecule has 0 atom stereocenters. The third kappa shape index (κ3) is 4.68. The zero-order chi connectivity index (χ0) is 22.0. The second kappa shape index (κ2) is 8.37. The van der Waals surface area contributed by atoms with E-state index in [9.17, 15) is 14.4 Å². The van der Waals surface area contributed by atoms with Crippen LogP contribution in [0.2, 0.25) is 0 Å². The molecule has 1 spiro atoms. The summed E-state index contributed by atoms with van der Waals surface area (Å²) >= 11 is 0. The molecule has 0 bridgehead atoms. The summed E-state index contributed by atoms with van der Waals surface area (Å²) in [7, 11) is 0. The maximum Gasteiger partial charge on any atom is 0.263 e. The summed E-state index contributed by atoms with van der Waals surface area (Å²) < 4.78 is 11.9. The van der Waals surface area contributed by atoms with Crippen LogP contribution in [0.5, 0.6) is 11.5 Å². The van der Waals surface area contributed by atoms with Crippen molar-refractivity contribution in [2.45, 2.75) is 38.7 Å². The largest absolute Gasteiger partial charge is 0.486 e. The summed E-state index contributed by atoms with van der Waals surface area (Å²) in [6, 6.07) is 10.4. The molecule has 2 aliphatic rings. The second-order valence-corrected chi connectivity index (χ2v) is 8.05. The number of benzene rings is 1. The molecule has 1 saturated heterocycles. The summed E-state index contributed by atoms with van der Waals surface area (Å²) in [4.78, 5) is 42.5. The lowest BCUT2D eigenvalue weighted by molar-refractivity contribution is -0.132. The SMILES string of the molecule is CC(=O)N1CCC2(CC1)CC(=O)c1ccc(OCC(=O)Nc3cccc(C)n3)cc1O2. The molecule has 0 radical (unpaired) electrons. The Balaban J connectivity index is 1.41. The number of hydrogen-bond donors (Lipinski definition) is 1. The summed E-state index contributed by atoms with van der Waals surface area (Å²) in [6.45, 7) is 4.34. The summed E-state index contributed by atoms with van der Waals surface area (Å²) in [6.07, 6.45) is 1.52. The first-order valence-corrected chi connectivity index (χ1v) is 10.3. The molecule has 2 amide bonds. The summed E-state index contributed by atoms with van der Waals surface area (Å²) in [5.74, 6) is 1.09. The zero-order valence-electron chi connectivity index (χ0n) is 17.6. The predicted molar refractivity (Wildman–Crippen MR) is 113 cm³/mol. The third-order valence-electron chi connectivity index (χ3n) is 5.71. The van der Waals surface area contributed by atoms with E-state index in [-0.39, 0.29) is 24.2 Å². The fourth-order valence-electron chi connectivity index (χ4n) is 4.01. The number of nitrogens with zero attached hydrogens (tertiary/aromatic N) is 2. The van der Waals surface area contributed by atoms with Gasteiger partial charge in [-0.25, -0.2) is 4.98 Å². The van der Waals surface area contributed by atoms with Crippen LogP contribution in [0, 0.1) is 6.92 Å². The van der Waals surface area contributed by atoms with Crippen LogP contribution in [0.25, 0.3) is 0 Å². The number of nitrogens with one attached hydrogen (secondary N) is 1. The number of amides is 2. The number of carbonyl (C=O) groups is 3. The van der Waals surface area contributed by atoms with E-state index in [2.05, 4.69) is 10.3 Å². The molecule has 8 heteroatoms. The van der Waals surface area contributed by atoms with Gasteiger partial charge < -0.3 is 19.7 Å². The number of Topliss-reactive ketones (excluding diaryl/α,β-unsaturated/α-hetero) is 1. The topological polar surface area (TPSA) is 97.8 Å². The van der Waals surface area contributed by atoms with Crippen LogP contribution < -0.4 is 14.8 Å². The Kier molecular flexibility index (Phi) is 5.63. The number of likely N-dealkylation sites (tertiary alicyclic amines) is 1. The van der Waals surface area contributed by atoms with Crippen molar-refractivity contribution in [2.75, 3.05) is 25.0 Å². The van der Waals surface area contributed by atoms with E-state index >= 15 is 0 Å². The second-order valence-electron chi connectivity index (χ2n) is 8.05. The lowest BCUT2D eigenvalue weighted by Gasteiger charge is -2.43. The number of piperidine rings is 1. The van der Waals surface area contributed by atoms with Crippen molar-refractivity contribution in [3.8, 4) is 11.5 Å². The van der Waals surface area contributed by atoms with Gasteiger partial charge in [0.05, 0.1) is 12.0 Å². The maximum atomic E-state index is 12.7. The van der Waals surface area contributed by atoms with E-state index in [1.54, 1.807) is 36.1 Å². The van der Waals surface area contributed by atoms with Crippen LogP contribution in [-0.2, 0) is 9.59 Å². The Morgan fingerprint density at radius 1 is 1.23 bits per heavy atom. The number of ether oxygens (including phenoxy) is 2. The number of ketones is 1. The molecule has 3 heterocycles. The minimum atomic E-state index is -0.594. The molecular weight excluding hydrogens is 398 g/mol. The van der Waals surface area contributed by atoms with Crippen LogP contribution in [0.3, 0.4) is 0 Å². The molecule has 0 unspecified atom stereocenters. The smallest absolute Gasteiger partial charge is 0.263 e. The lowest BCUT2D eigenvalue weighted by atomic mass is 9.82. The number of hydrogen-bond acceptors (Lipinski definition) is 6. The summed E-state index contributed by atoms with van der Waals surface area (Å²) in [5, 5.41) is 2.69. The number of aromatic nitrogens is 1. The normalized spacial score (nSPS) is 17.0. The summed E-state index contributed by atoms with van der Waals surface area (Å²) in [5.41, 5.74) is 0.724. The van der Waals surface area contributed by atoms with Crippen LogP contribution in [-0.4, -0.2) is 52.8 Å². The first kappa shape index (κ1) is 20.8. The molecule has 2 aliphatic heterocycles. The van der Waals surface area contributed by atoms with Gasteiger partial charge in [-0.2, -0.15) is 0 Å². The molecule has 0 saturated carbocycles. The highest BCUT2D eigenvalue weighted by atomic mass is 16.5. The zero-order valence-corrected chi connectivity index (χ0v) is 17.6. The third-order valence-corrected chi connectivity index (χ3v) is 5.71. The molecular formula is C23H25N3O5. The number of aryl methyl sites for hydroxylation is 1. The van der Waals surface area contributed by atoms with Gasteiger partial charge >= 0.3 is 0 Å². The van der Waals surface area contributed by atoms with Gasteiger partial charge in [0.2, 0.25) is 5.91 Å². The number of fused-ring (bicyclic) bond motifs is 1. The predicted octanol–water partition coefficient (Wildman–Crippen LogP) is 2.75. The van der Waals surface area contributed by atoms with E-state index in [1.165, 1.54) is 0 Å². The van der Waals surface area contributed by atoms with Crippen molar-refractivity contribution < 1.29 is 23.9 Å². The van der Waals surface area contributed by atoms with Crippen LogP contribution in [0.1, 0.15) is 42.2 Å². The Morgan fingerprint density at radius 3 is 2.71 bits per heavy atom. The molecule has 1 aromatic heterocycles. The Bertz CT molecular complexity index is 1030. The number of carbonyl (C=O) groups excluding carboxylic acids is 3. The minimum Gasteiger partial charge on any atom is -0.486 e. The first-order valence-electron chi connectivity index (χ1n) is 10.3. The molecule has 1 N–H and O–H groups in total. The molecule has 8 nitrogen and oxygen atoms in total. The Morgan fingerprint density at radius 2 is 2.00 bits per heavy atom. The molecule has 2 aromatic rings. The van der Waals surface area contributed by atoms with Crippen molar-refractivity contribution in [1.29, 1.82) is 0 Å². The van der Waals surface area contributed by atoms with Gasteiger partial charge in [-0.1, -0.05) is 6.07 Å². The fraction of sp³-hybridized carbons (Fsp3) is 0.391.